The standard InChI is InChI=1S/C11H10ClNO/c1-8-10(7-14-13-8)6-9-2-4-11(12)5-3-9/h2-6H,7H2,1H3/b10-6-. The Bertz CT molecular complexity index is 392. The van der Waals surface area contributed by atoms with Crippen molar-refractivity contribution in [2.45, 2.75) is 6.92 Å². The number of hydrogen-bond donors (Lipinski definition) is 0. The summed E-state index contributed by atoms with van der Waals surface area (Å²) in [5, 5.41) is 4.60. The van der Waals surface area contributed by atoms with Gasteiger partial charge in [-0.3, -0.25) is 0 Å². The highest BCUT2D eigenvalue weighted by molar-refractivity contribution is 6.30. The summed E-state index contributed by atoms with van der Waals surface area (Å²) in [5.41, 5.74) is 3.18. The van der Waals surface area contributed by atoms with Crippen molar-refractivity contribution in [3.8, 4) is 0 Å². The summed E-state index contributed by atoms with van der Waals surface area (Å²) >= 11 is 5.79. The smallest absolute Gasteiger partial charge is 0.144 e. The number of benzene rings is 1. The monoisotopic (exact) mass is 207 g/mol. The molecule has 0 atom stereocenters. The molecule has 0 aromatic heterocycles. The lowest BCUT2D eigenvalue weighted by Gasteiger charge is -1.96. The predicted molar refractivity (Wildman–Crippen MR) is 58.5 cm³/mol. The normalized spacial score (nSPS) is 18.1. The second kappa shape index (κ2) is 3.84. The van der Waals surface area contributed by atoms with Gasteiger partial charge in [0.1, 0.15) is 6.61 Å². The molecule has 2 rings (SSSR count). The van der Waals surface area contributed by atoms with E-state index in [0.29, 0.717) is 6.61 Å². The fourth-order valence-corrected chi connectivity index (χ4v) is 1.39. The second-order valence-electron chi connectivity index (χ2n) is 3.17. The molecule has 0 unspecified atom stereocenters. The first-order valence-corrected chi connectivity index (χ1v) is 4.76. The Labute approximate surface area is 87.8 Å². The average molecular weight is 208 g/mol. The first kappa shape index (κ1) is 9.28. The minimum Gasteiger partial charge on any atom is -0.391 e. The van der Waals surface area contributed by atoms with Gasteiger partial charge in [-0.1, -0.05) is 28.9 Å². The summed E-state index contributed by atoms with van der Waals surface area (Å²) in [6, 6.07) is 7.69. The van der Waals surface area contributed by atoms with Crippen molar-refractivity contribution < 1.29 is 4.84 Å². The first-order chi connectivity index (χ1) is 6.75. The third kappa shape index (κ3) is 1.96. The van der Waals surface area contributed by atoms with E-state index in [-0.39, 0.29) is 0 Å². The summed E-state index contributed by atoms with van der Waals surface area (Å²) in [7, 11) is 0. The van der Waals surface area contributed by atoms with Crippen LogP contribution in [0.15, 0.2) is 35.0 Å². The molecule has 3 heteroatoms. The van der Waals surface area contributed by atoms with Gasteiger partial charge in [0.05, 0.1) is 5.71 Å². The third-order valence-electron chi connectivity index (χ3n) is 2.10. The number of rotatable bonds is 1. The Morgan fingerprint density at radius 1 is 1.36 bits per heavy atom. The second-order valence-corrected chi connectivity index (χ2v) is 3.61. The zero-order chi connectivity index (χ0) is 9.97. The Balaban J connectivity index is 2.25. The number of halogens is 1. The zero-order valence-electron chi connectivity index (χ0n) is 7.83. The van der Waals surface area contributed by atoms with Gasteiger partial charge in [0.25, 0.3) is 0 Å². The zero-order valence-corrected chi connectivity index (χ0v) is 8.58. The lowest BCUT2D eigenvalue weighted by molar-refractivity contribution is 0.187. The third-order valence-corrected chi connectivity index (χ3v) is 2.35. The number of oxime groups is 1. The van der Waals surface area contributed by atoms with Crippen LogP contribution in [0, 0.1) is 0 Å². The predicted octanol–water partition coefficient (Wildman–Crippen LogP) is 3.13. The molecule has 1 aromatic carbocycles. The highest BCUT2D eigenvalue weighted by Gasteiger charge is 2.09. The van der Waals surface area contributed by atoms with Gasteiger partial charge in [0.15, 0.2) is 0 Å². The topological polar surface area (TPSA) is 21.6 Å². The maximum Gasteiger partial charge on any atom is 0.144 e. The fourth-order valence-electron chi connectivity index (χ4n) is 1.27. The molecule has 0 radical (unpaired) electrons. The van der Waals surface area contributed by atoms with Gasteiger partial charge < -0.3 is 4.84 Å². The van der Waals surface area contributed by atoms with E-state index in [0.717, 1.165) is 21.9 Å². The maximum atomic E-state index is 5.79. The van der Waals surface area contributed by atoms with Crippen molar-refractivity contribution in [1.29, 1.82) is 0 Å². The molecule has 0 fully saturated rings. The van der Waals surface area contributed by atoms with Crippen molar-refractivity contribution in [3.63, 3.8) is 0 Å². The van der Waals surface area contributed by atoms with Crippen LogP contribution in [0.5, 0.6) is 0 Å². The molecular weight excluding hydrogens is 198 g/mol. The van der Waals surface area contributed by atoms with Gasteiger partial charge in [0, 0.05) is 10.6 Å². The summed E-state index contributed by atoms with van der Waals surface area (Å²) in [6.07, 6.45) is 2.06. The van der Waals surface area contributed by atoms with Gasteiger partial charge in [-0.2, -0.15) is 0 Å². The molecule has 0 saturated carbocycles. The lowest BCUT2D eigenvalue weighted by Crippen LogP contribution is -1.93. The SMILES string of the molecule is CC1=NOC/C1=C/c1ccc(Cl)cc1. The van der Waals surface area contributed by atoms with Crippen LogP contribution >= 0.6 is 11.6 Å². The molecular formula is C11H10ClNO. The highest BCUT2D eigenvalue weighted by atomic mass is 35.5. The van der Waals surface area contributed by atoms with Crippen molar-refractivity contribution in [3.05, 3.63) is 40.4 Å². The molecule has 0 saturated heterocycles. The molecule has 14 heavy (non-hydrogen) atoms. The van der Waals surface area contributed by atoms with Crippen LogP contribution in [-0.4, -0.2) is 12.3 Å². The number of nitrogens with zero attached hydrogens (tertiary/aromatic N) is 1. The van der Waals surface area contributed by atoms with Crippen LogP contribution in [-0.2, 0) is 4.84 Å². The van der Waals surface area contributed by atoms with Gasteiger partial charge in [-0.05, 0) is 30.7 Å². The first-order valence-electron chi connectivity index (χ1n) is 4.39. The lowest BCUT2D eigenvalue weighted by atomic mass is 10.1. The van der Waals surface area contributed by atoms with Crippen molar-refractivity contribution >= 4 is 23.4 Å². The Morgan fingerprint density at radius 3 is 2.64 bits per heavy atom. The van der Waals surface area contributed by atoms with Crippen LogP contribution in [0.2, 0.25) is 5.02 Å². The molecule has 0 amide bonds. The molecule has 2 nitrogen and oxygen atoms in total. The van der Waals surface area contributed by atoms with E-state index < -0.39 is 0 Å². The van der Waals surface area contributed by atoms with E-state index in [9.17, 15) is 0 Å². The van der Waals surface area contributed by atoms with Crippen LogP contribution in [0.3, 0.4) is 0 Å². The molecule has 0 N–H and O–H groups in total. The van der Waals surface area contributed by atoms with Crippen LogP contribution in [0.1, 0.15) is 12.5 Å². The van der Waals surface area contributed by atoms with Crippen molar-refractivity contribution in [2.24, 2.45) is 5.16 Å². The molecule has 72 valence electrons. The number of hydrogen-bond acceptors (Lipinski definition) is 2. The minimum atomic E-state index is 0.564. The summed E-state index contributed by atoms with van der Waals surface area (Å²) in [4.78, 5) is 4.96. The van der Waals surface area contributed by atoms with E-state index in [1.54, 1.807) is 0 Å². The summed E-state index contributed by atoms with van der Waals surface area (Å²) in [6.45, 7) is 2.50. The molecule has 1 aliphatic rings. The van der Waals surface area contributed by atoms with Crippen LogP contribution in [0.4, 0.5) is 0 Å². The van der Waals surface area contributed by atoms with Gasteiger partial charge >= 0.3 is 0 Å². The molecule has 1 aromatic rings. The quantitative estimate of drug-likeness (QED) is 0.694. The van der Waals surface area contributed by atoms with E-state index in [1.165, 1.54) is 0 Å². The van der Waals surface area contributed by atoms with E-state index in [1.807, 2.05) is 31.2 Å². The average Bonchev–Trinajstić information content (AvgIpc) is 2.56. The van der Waals surface area contributed by atoms with Crippen molar-refractivity contribution in [1.82, 2.24) is 0 Å². The van der Waals surface area contributed by atoms with Crippen LogP contribution in [0.25, 0.3) is 6.08 Å². The molecule has 0 spiro atoms. The Kier molecular flexibility index (Phi) is 2.55. The van der Waals surface area contributed by atoms with Crippen LogP contribution < -0.4 is 0 Å². The summed E-state index contributed by atoms with van der Waals surface area (Å²) in [5.74, 6) is 0. The minimum absolute atomic E-state index is 0.564. The van der Waals surface area contributed by atoms with Gasteiger partial charge in [-0.25, -0.2) is 0 Å². The van der Waals surface area contributed by atoms with E-state index in [2.05, 4.69) is 11.2 Å². The van der Waals surface area contributed by atoms with Crippen molar-refractivity contribution in [2.75, 3.05) is 6.61 Å². The van der Waals surface area contributed by atoms with Gasteiger partial charge in [0.2, 0.25) is 0 Å². The molecule has 0 bridgehead atoms. The Morgan fingerprint density at radius 2 is 2.07 bits per heavy atom. The molecule has 0 aliphatic carbocycles. The largest absolute Gasteiger partial charge is 0.391 e. The van der Waals surface area contributed by atoms with Gasteiger partial charge in [-0.15, -0.1) is 0 Å². The molecule has 1 aliphatic heterocycles. The fraction of sp³-hybridized carbons (Fsp3) is 0.182. The highest BCUT2D eigenvalue weighted by Crippen LogP contribution is 2.15. The Hall–Kier alpha value is -1.28. The molecule has 1 heterocycles. The van der Waals surface area contributed by atoms with E-state index >= 15 is 0 Å². The maximum absolute atomic E-state index is 5.79. The van der Waals surface area contributed by atoms with E-state index in [4.69, 9.17) is 16.4 Å². The summed E-state index contributed by atoms with van der Waals surface area (Å²) < 4.78 is 0.